The second kappa shape index (κ2) is 7.00. The van der Waals surface area contributed by atoms with Gasteiger partial charge in [0.2, 0.25) is 5.78 Å². The number of hydrogen-bond donors (Lipinski definition) is 0. The van der Waals surface area contributed by atoms with E-state index in [0.29, 0.717) is 11.3 Å². The molecule has 2 aliphatic rings. The van der Waals surface area contributed by atoms with Crippen molar-refractivity contribution < 1.29 is 4.79 Å². The molecule has 5 aromatic rings. The summed E-state index contributed by atoms with van der Waals surface area (Å²) in [6.45, 7) is 0. The van der Waals surface area contributed by atoms with Gasteiger partial charge in [-0.05, 0) is 47.0 Å². The zero-order valence-corrected chi connectivity index (χ0v) is 18.3. The van der Waals surface area contributed by atoms with Gasteiger partial charge in [0.15, 0.2) is 0 Å². The lowest BCUT2D eigenvalue weighted by Gasteiger charge is -2.48. The number of nitrogens with zero attached hydrogens (tertiary/aromatic N) is 2. The van der Waals surface area contributed by atoms with Crippen molar-refractivity contribution in [1.29, 1.82) is 0 Å². The van der Waals surface area contributed by atoms with Crippen molar-refractivity contribution in [3.63, 3.8) is 0 Å². The lowest BCUT2D eigenvalue weighted by molar-refractivity contribution is 0.102. The van der Waals surface area contributed by atoms with E-state index >= 15 is 0 Å². The van der Waals surface area contributed by atoms with Crippen LogP contribution in [0.2, 0.25) is 0 Å². The van der Waals surface area contributed by atoms with Crippen LogP contribution < -0.4 is 4.90 Å². The molecular weight excluding hydrogens is 416 g/mol. The highest BCUT2D eigenvalue weighted by atomic mass is 16.1. The van der Waals surface area contributed by atoms with Crippen LogP contribution in [0, 0.1) is 0 Å². The normalized spacial score (nSPS) is 14.7. The van der Waals surface area contributed by atoms with Crippen LogP contribution in [0.15, 0.2) is 121 Å². The minimum atomic E-state index is -0.646. The van der Waals surface area contributed by atoms with Crippen molar-refractivity contribution in [3.8, 4) is 0 Å². The van der Waals surface area contributed by atoms with Crippen LogP contribution in [0.25, 0.3) is 0 Å². The molecule has 0 radical (unpaired) electrons. The maximum absolute atomic E-state index is 13.6. The number of carbonyl (C=O) groups is 1. The summed E-state index contributed by atoms with van der Waals surface area (Å²) < 4.78 is 0. The van der Waals surface area contributed by atoms with Gasteiger partial charge in [0.25, 0.3) is 0 Å². The maximum atomic E-state index is 13.6. The number of fused-ring (bicyclic) bond motifs is 8. The van der Waals surface area contributed by atoms with Crippen molar-refractivity contribution in [3.05, 3.63) is 155 Å². The summed E-state index contributed by atoms with van der Waals surface area (Å²) in [5.74, 6) is -0.0164. The lowest BCUT2D eigenvalue weighted by atomic mass is 9.58. The Balaban J connectivity index is 1.69. The van der Waals surface area contributed by atoms with Crippen LogP contribution in [-0.4, -0.2) is 10.8 Å². The quantitative estimate of drug-likeness (QED) is 0.284. The fourth-order valence-electron chi connectivity index (χ4n) is 5.85. The van der Waals surface area contributed by atoms with Crippen molar-refractivity contribution >= 4 is 22.8 Å². The molecule has 1 aromatic heterocycles. The summed E-state index contributed by atoms with van der Waals surface area (Å²) in [7, 11) is 0. The molecule has 0 saturated heterocycles. The number of ketones is 1. The van der Waals surface area contributed by atoms with Gasteiger partial charge < -0.3 is 4.90 Å². The van der Waals surface area contributed by atoms with E-state index in [1.807, 2.05) is 30.3 Å². The second-order valence-electron chi connectivity index (χ2n) is 8.73. The van der Waals surface area contributed by atoms with E-state index in [0.717, 1.165) is 39.3 Å². The molecular formula is C31H20N2O. The van der Waals surface area contributed by atoms with Crippen LogP contribution in [0.1, 0.15) is 38.3 Å². The Morgan fingerprint density at radius 1 is 0.559 bits per heavy atom. The van der Waals surface area contributed by atoms with Crippen LogP contribution in [-0.2, 0) is 5.41 Å². The second-order valence-corrected chi connectivity index (χ2v) is 8.73. The highest BCUT2D eigenvalue weighted by Gasteiger charge is 2.51. The van der Waals surface area contributed by atoms with Gasteiger partial charge in [-0.1, -0.05) is 84.9 Å². The molecule has 3 heteroatoms. The molecule has 0 unspecified atom stereocenters. The van der Waals surface area contributed by atoms with E-state index in [4.69, 9.17) is 0 Å². The van der Waals surface area contributed by atoms with Crippen LogP contribution in [0.5, 0.6) is 0 Å². The Kier molecular flexibility index (Phi) is 3.91. The Labute approximate surface area is 198 Å². The van der Waals surface area contributed by atoms with Gasteiger partial charge in [-0.2, -0.15) is 0 Å². The number of benzene rings is 4. The maximum Gasteiger partial charge on any atom is 0.212 e. The van der Waals surface area contributed by atoms with Gasteiger partial charge in [0.1, 0.15) is 5.69 Å². The molecule has 1 spiro atoms. The average Bonchev–Trinajstić information content (AvgIpc) is 2.91. The average molecular weight is 437 g/mol. The number of hydrogen-bond acceptors (Lipinski definition) is 3. The summed E-state index contributed by atoms with van der Waals surface area (Å²) >= 11 is 0. The molecule has 160 valence electrons. The Morgan fingerprint density at radius 3 is 1.82 bits per heavy atom. The van der Waals surface area contributed by atoms with Crippen LogP contribution >= 0.6 is 0 Å². The lowest BCUT2D eigenvalue weighted by Crippen LogP contribution is -2.42. The smallest absolute Gasteiger partial charge is 0.212 e. The fourth-order valence-corrected chi connectivity index (χ4v) is 5.85. The summed E-state index contributed by atoms with van der Waals surface area (Å²) in [5.41, 5.74) is 8.14. The number of pyridine rings is 1. The number of rotatable bonds is 1. The summed E-state index contributed by atoms with van der Waals surface area (Å²) in [6, 6.07) is 39.6. The number of carbonyl (C=O) groups excluding carboxylic acids is 1. The zero-order valence-electron chi connectivity index (χ0n) is 18.3. The van der Waals surface area contributed by atoms with E-state index in [9.17, 15) is 4.79 Å². The Morgan fingerprint density at radius 2 is 1.12 bits per heavy atom. The standard InChI is InChI=1S/C31H20N2O/c34-30-22-13-4-5-14-23(22)31(26-17-10-20-32-29(26)30)24-15-6-8-18-27(24)33(21-11-2-1-3-12-21)28-19-9-7-16-25(28)31/h1-20H. The third-order valence-corrected chi connectivity index (χ3v) is 7.11. The van der Waals surface area contributed by atoms with E-state index in [2.05, 4.69) is 94.8 Å². The Bertz CT molecular complexity index is 1490. The van der Waals surface area contributed by atoms with E-state index in [-0.39, 0.29) is 5.78 Å². The third kappa shape index (κ3) is 2.31. The minimum Gasteiger partial charge on any atom is -0.310 e. The molecule has 4 aromatic carbocycles. The van der Waals surface area contributed by atoms with Crippen LogP contribution in [0.4, 0.5) is 17.1 Å². The molecule has 34 heavy (non-hydrogen) atoms. The summed E-state index contributed by atoms with van der Waals surface area (Å²) in [6.07, 6.45) is 1.72. The molecule has 0 fully saturated rings. The first-order valence-corrected chi connectivity index (χ1v) is 11.5. The highest BCUT2D eigenvalue weighted by molar-refractivity contribution is 6.13. The molecule has 0 bridgehead atoms. The number of aromatic nitrogens is 1. The largest absolute Gasteiger partial charge is 0.310 e. The molecule has 2 heterocycles. The van der Waals surface area contributed by atoms with Gasteiger partial charge >= 0.3 is 0 Å². The molecule has 0 N–H and O–H groups in total. The number of para-hydroxylation sites is 3. The topological polar surface area (TPSA) is 33.2 Å². The first kappa shape index (κ1) is 19.0. The summed E-state index contributed by atoms with van der Waals surface area (Å²) in [4.78, 5) is 20.5. The number of anilines is 3. The highest BCUT2D eigenvalue weighted by Crippen LogP contribution is 2.59. The van der Waals surface area contributed by atoms with Crippen molar-refractivity contribution in [1.82, 2.24) is 4.98 Å². The summed E-state index contributed by atoms with van der Waals surface area (Å²) in [5, 5.41) is 0. The van der Waals surface area contributed by atoms with Crippen molar-refractivity contribution in [2.75, 3.05) is 4.90 Å². The molecule has 0 saturated carbocycles. The van der Waals surface area contributed by atoms with Gasteiger partial charge in [0, 0.05) is 23.0 Å². The first-order valence-electron chi connectivity index (χ1n) is 11.5. The molecule has 3 nitrogen and oxygen atoms in total. The van der Waals surface area contributed by atoms with Crippen molar-refractivity contribution in [2.24, 2.45) is 0 Å². The van der Waals surface area contributed by atoms with E-state index in [1.165, 1.54) is 0 Å². The van der Waals surface area contributed by atoms with Gasteiger partial charge in [-0.15, -0.1) is 0 Å². The SMILES string of the molecule is O=C1c2ccccc2C2(c3ccccc3N(c3ccccc3)c3ccccc32)c2cccnc21. The fraction of sp³-hybridized carbons (Fsp3) is 0.0323. The van der Waals surface area contributed by atoms with E-state index in [1.54, 1.807) is 6.20 Å². The van der Waals surface area contributed by atoms with Crippen molar-refractivity contribution in [2.45, 2.75) is 5.41 Å². The molecule has 0 atom stereocenters. The first-order chi connectivity index (χ1) is 16.8. The molecule has 7 rings (SSSR count). The molecule has 1 aliphatic heterocycles. The van der Waals surface area contributed by atoms with Gasteiger partial charge in [-0.3, -0.25) is 9.78 Å². The zero-order chi connectivity index (χ0) is 22.7. The van der Waals surface area contributed by atoms with Crippen LogP contribution in [0.3, 0.4) is 0 Å². The Hall–Kier alpha value is -4.50. The van der Waals surface area contributed by atoms with Gasteiger partial charge in [-0.25, -0.2) is 0 Å². The predicted molar refractivity (Wildman–Crippen MR) is 134 cm³/mol. The molecule has 1 aliphatic carbocycles. The van der Waals surface area contributed by atoms with E-state index < -0.39 is 5.41 Å². The third-order valence-electron chi connectivity index (χ3n) is 7.11. The minimum absolute atomic E-state index is 0.0164. The predicted octanol–water partition coefficient (Wildman–Crippen LogP) is 6.79. The monoisotopic (exact) mass is 436 g/mol. The molecule has 0 amide bonds. The van der Waals surface area contributed by atoms with Gasteiger partial charge in [0.05, 0.1) is 16.8 Å².